The van der Waals surface area contributed by atoms with Crippen LogP contribution in [0.1, 0.15) is 26.3 Å². The van der Waals surface area contributed by atoms with Crippen LogP contribution in [0.4, 0.5) is 11.5 Å². The molecular weight excluding hydrogens is 389 g/mol. The smallest absolute Gasteiger partial charge is 0.258 e. The van der Waals surface area contributed by atoms with Gasteiger partial charge in [-0.2, -0.15) is 0 Å². The van der Waals surface area contributed by atoms with Gasteiger partial charge in [-0.25, -0.2) is 4.98 Å². The zero-order valence-corrected chi connectivity index (χ0v) is 17.4. The van der Waals surface area contributed by atoms with Crippen LogP contribution in [0.15, 0.2) is 71.9 Å². The molecule has 4 rings (SSSR count). The van der Waals surface area contributed by atoms with Crippen LogP contribution >= 0.6 is 0 Å². The Morgan fingerprint density at radius 3 is 2.42 bits per heavy atom. The molecule has 1 aromatic heterocycles. The van der Waals surface area contributed by atoms with Crippen LogP contribution in [0.2, 0.25) is 0 Å². The highest BCUT2D eigenvalue weighted by Gasteiger charge is 2.17. The van der Waals surface area contributed by atoms with E-state index >= 15 is 0 Å². The molecule has 0 atom stereocenters. The van der Waals surface area contributed by atoms with Crippen molar-refractivity contribution in [3.05, 3.63) is 83.6 Å². The Balaban J connectivity index is 1.48. The third-order valence-corrected chi connectivity index (χ3v) is 5.04. The number of likely N-dealkylation sites (N-methyl/N-ethyl adjacent to an activating group) is 1. The average molecular weight is 411 g/mol. The van der Waals surface area contributed by atoms with Crippen molar-refractivity contribution < 1.29 is 9.59 Å². The molecule has 2 aromatic carbocycles. The third kappa shape index (κ3) is 4.64. The zero-order chi connectivity index (χ0) is 21.8. The average Bonchev–Trinajstić information content (AvgIpc) is 3.21. The zero-order valence-electron chi connectivity index (χ0n) is 17.4. The van der Waals surface area contributed by atoms with E-state index in [0.717, 1.165) is 30.0 Å². The fourth-order valence-electron chi connectivity index (χ4n) is 3.32. The lowest BCUT2D eigenvalue weighted by Gasteiger charge is -2.14. The summed E-state index contributed by atoms with van der Waals surface area (Å²) in [5, 5.41) is 5.60. The molecule has 0 bridgehead atoms. The number of anilines is 2. The second-order valence-corrected chi connectivity index (χ2v) is 7.38. The van der Waals surface area contributed by atoms with Gasteiger partial charge in [0.15, 0.2) is 0 Å². The topological polar surface area (TPSA) is 86.7 Å². The van der Waals surface area contributed by atoms with Crippen LogP contribution < -0.4 is 16.1 Å². The Morgan fingerprint density at radius 2 is 1.74 bits per heavy atom. The maximum atomic E-state index is 12.8. The van der Waals surface area contributed by atoms with Gasteiger partial charge in [-0.05, 0) is 30.3 Å². The Hall–Kier alpha value is -3.94. The molecule has 8 heteroatoms. The number of amidine groups is 1. The summed E-state index contributed by atoms with van der Waals surface area (Å²) >= 11 is 0. The molecule has 0 radical (unpaired) electrons. The molecule has 0 saturated heterocycles. The van der Waals surface area contributed by atoms with Gasteiger partial charge in [-0.15, -0.1) is 0 Å². The van der Waals surface area contributed by atoms with E-state index < -0.39 is 0 Å². The lowest BCUT2D eigenvalue weighted by molar-refractivity contribution is 0.102. The van der Waals surface area contributed by atoms with Crippen LogP contribution in [0, 0.1) is 0 Å². The van der Waals surface area contributed by atoms with Crippen molar-refractivity contribution in [1.29, 1.82) is 0 Å². The van der Waals surface area contributed by atoms with Crippen LogP contribution in [-0.4, -0.2) is 55.5 Å². The fourth-order valence-corrected chi connectivity index (χ4v) is 3.32. The van der Waals surface area contributed by atoms with Crippen molar-refractivity contribution in [1.82, 2.24) is 9.88 Å². The molecule has 3 aromatic rings. The quantitative estimate of drug-likeness (QED) is 0.624. The van der Waals surface area contributed by atoms with Gasteiger partial charge in [0, 0.05) is 30.9 Å². The van der Waals surface area contributed by atoms with Gasteiger partial charge in [0.2, 0.25) is 0 Å². The lowest BCUT2D eigenvalue weighted by atomic mass is 9.99. The number of aliphatic imine (C=N–C) groups is 1. The fraction of sp³-hybridized carbons (Fsp3) is 0.130. The van der Waals surface area contributed by atoms with E-state index in [1.807, 2.05) is 33.1 Å². The number of benzene rings is 2. The molecule has 2 heterocycles. The van der Waals surface area contributed by atoms with E-state index in [9.17, 15) is 9.59 Å². The SMILES string of the molecule is Bc1ccc(NC(=O)c2ccccc2NC(=O)c2ccc(C3=NCCN3C)cc2)nc1. The van der Waals surface area contributed by atoms with Crippen molar-refractivity contribution in [3.63, 3.8) is 0 Å². The maximum absolute atomic E-state index is 12.8. The van der Waals surface area contributed by atoms with Crippen LogP contribution in [-0.2, 0) is 0 Å². The van der Waals surface area contributed by atoms with Crippen LogP contribution in [0.25, 0.3) is 0 Å². The van der Waals surface area contributed by atoms with E-state index in [-0.39, 0.29) is 11.8 Å². The van der Waals surface area contributed by atoms with Crippen molar-refractivity contribution in [2.75, 3.05) is 30.8 Å². The second-order valence-electron chi connectivity index (χ2n) is 7.38. The first-order chi connectivity index (χ1) is 15.0. The van der Waals surface area contributed by atoms with Crippen molar-refractivity contribution in [2.45, 2.75) is 0 Å². The summed E-state index contributed by atoms with van der Waals surface area (Å²) in [7, 11) is 3.93. The van der Waals surface area contributed by atoms with Gasteiger partial charge in [0.05, 0.1) is 17.8 Å². The highest BCUT2D eigenvalue weighted by Crippen LogP contribution is 2.18. The van der Waals surface area contributed by atoms with Crippen molar-refractivity contribution >= 4 is 42.5 Å². The molecule has 0 unspecified atom stereocenters. The van der Waals surface area contributed by atoms with Crippen molar-refractivity contribution in [2.24, 2.45) is 4.99 Å². The Kier molecular flexibility index (Phi) is 5.79. The normalized spacial score (nSPS) is 12.9. The number of aromatic nitrogens is 1. The minimum atomic E-state index is -0.343. The number of hydrogen-bond donors (Lipinski definition) is 2. The van der Waals surface area contributed by atoms with Gasteiger partial charge >= 0.3 is 0 Å². The summed E-state index contributed by atoms with van der Waals surface area (Å²) in [6.07, 6.45) is 1.68. The largest absolute Gasteiger partial charge is 0.358 e. The van der Waals surface area contributed by atoms with E-state index in [2.05, 4.69) is 25.5 Å². The number of amides is 2. The van der Waals surface area contributed by atoms with E-state index in [1.54, 1.807) is 48.7 Å². The monoisotopic (exact) mass is 411 g/mol. The molecule has 1 aliphatic heterocycles. The molecule has 0 spiro atoms. The summed E-state index contributed by atoms with van der Waals surface area (Å²) in [5.41, 5.74) is 3.27. The number of carbonyl (C=O) groups is 2. The molecule has 7 nitrogen and oxygen atoms in total. The van der Waals surface area contributed by atoms with Crippen molar-refractivity contribution in [3.8, 4) is 0 Å². The predicted molar refractivity (Wildman–Crippen MR) is 125 cm³/mol. The Bertz CT molecular complexity index is 1140. The number of rotatable bonds is 5. The second kappa shape index (κ2) is 8.83. The summed E-state index contributed by atoms with van der Waals surface area (Å²) in [4.78, 5) is 36.3. The molecule has 0 saturated carbocycles. The number of nitrogens with one attached hydrogen (secondary N) is 2. The van der Waals surface area contributed by atoms with Gasteiger partial charge < -0.3 is 15.5 Å². The van der Waals surface area contributed by atoms with Gasteiger partial charge in [-0.1, -0.05) is 35.8 Å². The minimum Gasteiger partial charge on any atom is -0.358 e. The highest BCUT2D eigenvalue weighted by atomic mass is 16.2. The molecule has 154 valence electrons. The number of hydrogen-bond acceptors (Lipinski definition) is 5. The number of nitrogens with zero attached hydrogens (tertiary/aromatic N) is 3. The van der Waals surface area contributed by atoms with E-state index in [4.69, 9.17) is 0 Å². The first-order valence-electron chi connectivity index (χ1n) is 10.0. The van der Waals surface area contributed by atoms with Gasteiger partial charge in [0.1, 0.15) is 19.5 Å². The summed E-state index contributed by atoms with van der Waals surface area (Å²) in [5.74, 6) is 0.748. The van der Waals surface area contributed by atoms with Crippen LogP contribution in [0.5, 0.6) is 0 Å². The van der Waals surface area contributed by atoms with E-state index in [1.165, 1.54) is 0 Å². The molecule has 0 fully saturated rings. The van der Waals surface area contributed by atoms with Gasteiger partial charge in [-0.3, -0.25) is 14.6 Å². The summed E-state index contributed by atoms with van der Waals surface area (Å²) in [6.45, 7) is 1.68. The number of para-hydroxylation sites is 1. The van der Waals surface area contributed by atoms with Crippen LogP contribution in [0.3, 0.4) is 0 Å². The maximum Gasteiger partial charge on any atom is 0.258 e. The van der Waals surface area contributed by atoms with Gasteiger partial charge in [0.25, 0.3) is 11.8 Å². The molecule has 2 amide bonds. The van der Waals surface area contributed by atoms with E-state index in [0.29, 0.717) is 22.6 Å². The molecular formula is C23H22BN5O2. The Morgan fingerprint density at radius 1 is 0.968 bits per heavy atom. The molecule has 0 aliphatic carbocycles. The molecule has 31 heavy (non-hydrogen) atoms. The highest BCUT2D eigenvalue weighted by molar-refractivity contribution is 6.32. The third-order valence-electron chi connectivity index (χ3n) is 5.04. The predicted octanol–water partition coefficient (Wildman–Crippen LogP) is 1.54. The number of carbonyl (C=O) groups excluding carboxylic acids is 2. The minimum absolute atomic E-state index is 0.290. The standard InChI is InChI=1S/C23H22BN5O2/c1-29-13-12-25-21(29)15-6-8-16(9-7-15)22(30)27-19-5-3-2-4-18(19)23(31)28-20-11-10-17(24)14-26-20/h2-11,14H,12-13,24H2,1H3,(H,27,30)(H,26,28,31). The first-order valence-corrected chi connectivity index (χ1v) is 10.0. The lowest BCUT2D eigenvalue weighted by Crippen LogP contribution is -2.23. The number of pyridine rings is 1. The first kappa shape index (κ1) is 20.3. The Labute approximate surface area is 181 Å². The summed E-state index contributed by atoms with van der Waals surface area (Å²) < 4.78 is 0. The molecule has 1 aliphatic rings. The molecule has 2 N–H and O–H groups in total. The summed E-state index contributed by atoms with van der Waals surface area (Å²) in [6, 6.07) is 17.8.